The van der Waals surface area contributed by atoms with Crippen molar-refractivity contribution in [1.29, 1.82) is 0 Å². The summed E-state index contributed by atoms with van der Waals surface area (Å²) in [4.78, 5) is 28.5. The number of aliphatic hydroxyl groups is 1. The first-order valence-corrected chi connectivity index (χ1v) is 11.9. The maximum Gasteiger partial charge on any atom is 0.469 e. The van der Waals surface area contributed by atoms with E-state index in [4.69, 9.17) is 14.5 Å². The molecule has 0 saturated carbocycles. The molecular formula is C21H37O7P. The van der Waals surface area contributed by atoms with Crippen molar-refractivity contribution in [2.45, 2.75) is 77.2 Å². The largest absolute Gasteiger partial charge is 0.469 e. The fraction of sp³-hybridized carbons (Fsp3) is 0.667. The molecule has 0 bridgehead atoms. The van der Waals surface area contributed by atoms with E-state index in [1.807, 2.05) is 0 Å². The van der Waals surface area contributed by atoms with Crippen molar-refractivity contribution in [3.63, 3.8) is 0 Å². The van der Waals surface area contributed by atoms with Crippen LogP contribution >= 0.6 is 7.82 Å². The zero-order chi connectivity index (χ0) is 21.8. The van der Waals surface area contributed by atoms with Crippen molar-refractivity contribution in [2.24, 2.45) is 0 Å². The molecule has 7 nitrogen and oxygen atoms in total. The number of aliphatic hydroxyl groups excluding tert-OH is 1. The highest BCUT2D eigenvalue weighted by molar-refractivity contribution is 7.46. The highest BCUT2D eigenvalue weighted by atomic mass is 31.2. The smallest absolute Gasteiger partial charge is 0.463 e. The van der Waals surface area contributed by atoms with Crippen molar-refractivity contribution in [2.75, 3.05) is 13.2 Å². The lowest BCUT2D eigenvalue weighted by molar-refractivity contribution is -0.147. The highest BCUT2D eigenvalue weighted by Gasteiger charge is 2.17. The lowest BCUT2D eigenvalue weighted by Gasteiger charge is -2.12. The van der Waals surface area contributed by atoms with Gasteiger partial charge in [0.05, 0.1) is 6.61 Å². The van der Waals surface area contributed by atoms with Gasteiger partial charge in [-0.2, -0.15) is 0 Å². The molecule has 0 spiro atoms. The van der Waals surface area contributed by atoms with Gasteiger partial charge in [-0.1, -0.05) is 56.2 Å². The van der Waals surface area contributed by atoms with E-state index in [0.717, 1.165) is 25.7 Å². The van der Waals surface area contributed by atoms with E-state index in [1.54, 1.807) is 0 Å². The average molecular weight is 432 g/mol. The van der Waals surface area contributed by atoms with Gasteiger partial charge in [-0.15, -0.1) is 0 Å². The first-order valence-electron chi connectivity index (χ1n) is 10.3. The number of allylic oxidation sites excluding steroid dienone is 6. The standard InChI is InChI=1S/C21H37O7P/c1-2-3-4-5-6-7-8-9-10-11-12-13-14-15-16-17-21(23)27-18-20(22)19-28-29(24,25)26/h6-7,9-10,12-13,20,22H,2-5,8,11,14-19H2,1H3,(H2,24,25,26)/b7-6-,10-9-,13-12-. The van der Waals surface area contributed by atoms with Gasteiger partial charge in [0.15, 0.2) is 0 Å². The van der Waals surface area contributed by atoms with E-state index in [1.165, 1.54) is 25.7 Å². The maximum atomic E-state index is 11.5. The van der Waals surface area contributed by atoms with Crippen molar-refractivity contribution in [3.8, 4) is 0 Å². The third-order valence-corrected chi connectivity index (χ3v) is 4.38. The van der Waals surface area contributed by atoms with Crippen LogP contribution in [0.15, 0.2) is 36.5 Å². The number of unbranched alkanes of at least 4 members (excludes halogenated alkanes) is 5. The second kappa shape index (κ2) is 18.8. The van der Waals surface area contributed by atoms with Crippen LogP contribution in [0, 0.1) is 0 Å². The summed E-state index contributed by atoms with van der Waals surface area (Å²) < 4.78 is 19.4. The maximum absolute atomic E-state index is 11.5. The SMILES string of the molecule is CCCCC/C=C\C/C=C\C/C=C\CCCCC(=O)OCC(O)COP(=O)(O)O. The van der Waals surface area contributed by atoms with Gasteiger partial charge in [0, 0.05) is 6.42 Å². The molecule has 8 heteroatoms. The third-order valence-electron chi connectivity index (χ3n) is 3.89. The summed E-state index contributed by atoms with van der Waals surface area (Å²) in [5.41, 5.74) is 0. The monoisotopic (exact) mass is 432 g/mol. The number of hydrogen-bond donors (Lipinski definition) is 3. The van der Waals surface area contributed by atoms with Crippen molar-refractivity contribution in [1.82, 2.24) is 0 Å². The van der Waals surface area contributed by atoms with Crippen LogP contribution in [-0.4, -0.2) is 40.2 Å². The Balaban J connectivity index is 3.55. The van der Waals surface area contributed by atoms with Crippen molar-refractivity contribution < 1.29 is 33.5 Å². The first kappa shape index (κ1) is 27.8. The molecule has 0 aromatic carbocycles. The quantitative estimate of drug-likeness (QED) is 0.126. The molecule has 1 atom stereocenters. The number of ether oxygens (including phenoxy) is 1. The van der Waals surface area contributed by atoms with Gasteiger partial charge in [0.1, 0.15) is 12.7 Å². The molecule has 3 N–H and O–H groups in total. The Hall–Kier alpha value is -1.24. The topological polar surface area (TPSA) is 113 Å². The lowest BCUT2D eigenvalue weighted by atomic mass is 10.1. The van der Waals surface area contributed by atoms with Crippen molar-refractivity contribution in [3.05, 3.63) is 36.5 Å². The molecule has 0 aromatic heterocycles. The van der Waals surface area contributed by atoms with E-state index in [2.05, 4.69) is 47.9 Å². The van der Waals surface area contributed by atoms with Crippen LogP contribution in [0.4, 0.5) is 0 Å². The summed E-state index contributed by atoms with van der Waals surface area (Å²) in [5, 5.41) is 9.40. The average Bonchev–Trinajstić information content (AvgIpc) is 2.67. The molecule has 0 heterocycles. The molecule has 0 aromatic rings. The first-order chi connectivity index (χ1) is 13.8. The summed E-state index contributed by atoms with van der Waals surface area (Å²) in [6, 6.07) is 0. The van der Waals surface area contributed by atoms with Crippen LogP contribution in [-0.2, 0) is 18.6 Å². The third kappa shape index (κ3) is 22.9. The van der Waals surface area contributed by atoms with Crippen LogP contribution in [0.2, 0.25) is 0 Å². The minimum absolute atomic E-state index is 0.240. The van der Waals surface area contributed by atoms with Gasteiger partial charge in [-0.3, -0.25) is 9.32 Å². The van der Waals surface area contributed by atoms with E-state index in [9.17, 15) is 14.5 Å². The molecule has 0 saturated heterocycles. The number of rotatable bonds is 18. The molecule has 168 valence electrons. The Bertz CT molecular complexity index is 537. The highest BCUT2D eigenvalue weighted by Crippen LogP contribution is 2.35. The molecule has 0 aliphatic carbocycles. The minimum atomic E-state index is -4.63. The molecule has 0 aliphatic heterocycles. The number of hydrogen-bond acceptors (Lipinski definition) is 5. The molecular weight excluding hydrogens is 395 g/mol. The van der Waals surface area contributed by atoms with E-state index < -0.39 is 26.5 Å². The second-order valence-electron chi connectivity index (χ2n) is 6.75. The van der Waals surface area contributed by atoms with Gasteiger partial charge in [0.25, 0.3) is 0 Å². The number of carbonyl (C=O) groups is 1. The summed E-state index contributed by atoms with van der Waals surface area (Å²) in [7, 11) is -4.63. The van der Waals surface area contributed by atoms with E-state index in [0.29, 0.717) is 6.42 Å². The Morgan fingerprint density at radius 1 is 0.897 bits per heavy atom. The lowest BCUT2D eigenvalue weighted by Crippen LogP contribution is -2.23. The Morgan fingerprint density at radius 2 is 1.45 bits per heavy atom. The summed E-state index contributed by atoms with van der Waals surface area (Å²) in [6.07, 6.45) is 21.2. The van der Waals surface area contributed by atoms with E-state index in [-0.39, 0.29) is 13.0 Å². The predicted molar refractivity (Wildman–Crippen MR) is 114 cm³/mol. The Labute approximate surface area is 174 Å². The Morgan fingerprint density at radius 3 is 2.00 bits per heavy atom. The number of phosphoric acid groups is 1. The van der Waals surface area contributed by atoms with Gasteiger partial charge in [-0.05, 0) is 44.9 Å². The summed E-state index contributed by atoms with van der Waals surface area (Å²) in [5.74, 6) is -0.449. The summed E-state index contributed by atoms with van der Waals surface area (Å²) >= 11 is 0. The molecule has 0 fully saturated rings. The zero-order valence-corrected chi connectivity index (χ0v) is 18.3. The second-order valence-corrected chi connectivity index (χ2v) is 7.99. The van der Waals surface area contributed by atoms with Gasteiger partial charge < -0.3 is 19.6 Å². The van der Waals surface area contributed by atoms with Crippen molar-refractivity contribution >= 4 is 13.8 Å². The van der Waals surface area contributed by atoms with Gasteiger partial charge in [0.2, 0.25) is 0 Å². The molecule has 29 heavy (non-hydrogen) atoms. The molecule has 0 aliphatic rings. The molecule has 0 rings (SSSR count). The fourth-order valence-corrected chi connectivity index (χ4v) is 2.68. The molecule has 0 radical (unpaired) electrons. The van der Waals surface area contributed by atoms with Gasteiger partial charge in [-0.25, -0.2) is 4.57 Å². The van der Waals surface area contributed by atoms with Crippen LogP contribution in [0.1, 0.15) is 71.1 Å². The summed E-state index contributed by atoms with van der Waals surface area (Å²) in [6.45, 7) is 1.27. The zero-order valence-electron chi connectivity index (χ0n) is 17.4. The van der Waals surface area contributed by atoms with Crippen LogP contribution < -0.4 is 0 Å². The number of esters is 1. The number of phosphoric ester groups is 1. The normalized spacial score (nSPS) is 13.7. The van der Waals surface area contributed by atoms with Crippen LogP contribution in [0.3, 0.4) is 0 Å². The van der Waals surface area contributed by atoms with Crippen LogP contribution in [0.25, 0.3) is 0 Å². The fourth-order valence-electron chi connectivity index (χ4n) is 2.31. The number of carbonyl (C=O) groups excluding carboxylic acids is 1. The molecule has 1 unspecified atom stereocenters. The Kier molecular flexibility index (Phi) is 18.0. The van der Waals surface area contributed by atoms with Crippen LogP contribution in [0.5, 0.6) is 0 Å². The predicted octanol–water partition coefficient (Wildman–Crippen LogP) is 4.59. The molecule has 0 amide bonds. The van der Waals surface area contributed by atoms with Gasteiger partial charge >= 0.3 is 13.8 Å². The van der Waals surface area contributed by atoms with E-state index >= 15 is 0 Å². The minimum Gasteiger partial charge on any atom is -0.463 e.